The van der Waals surface area contributed by atoms with Crippen LogP contribution >= 0.6 is 0 Å². The molecule has 1 aromatic rings. The Morgan fingerprint density at radius 3 is 1.93 bits per heavy atom. The number of nitrogens with one attached hydrogen (secondary N) is 1. The maximum Gasteiger partial charge on any atom is 0.309 e. The smallest absolute Gasteiger partial charge is 0.309 e. The molecule has 0 fully saturated rings. The zero-order valence-corrected chi connectivity index (χ0v) is 7.71. The Hall–Kier alpha value is -2.36. The molecule has 15 heavy (non-hydrogen) atoms. The number of carbonyl (C=O) groups is 1. The number of hydrogen-bond donors (Lipinski definition) is 6. The van der Waals surface area contributed by atoms with E-state index in [1.54, 1.807) is 0 Å². The van der Waals surface area contributed by atoms with Gasteiger partial charge in [-0.2, -0.15) is 15.0 Å². The summed E-state index contributed by atoms with van der Waals surface area (Å²) in [7, 11) is 0. The summed E-state index contributed by atoms with van der Waals surface area (Å²) in [6.07, 6.45) is 0. The van der Waals surface area contributed by atoms with Gasteiger partial charge < -0.3 is 33.4 Å². The van der Waals surface area contributed by atoms with Gasteiger partial charge in [-0.05, 0) is 0 Å². The second-order valence-electron chi connectivity index (χ2n) is 2.11. The van der Waals surface area contributed by atoms with Gasteiger partial charge in [-0.15, -0.1) is 0 Å². The average Bonchev–Trinajstić information content (AvgIpc) is 2.00. The molecule has 0 aliphatic rings. The minimum absolute atomic E-state index is 0.0217. The van der Waals surface area contributed by atoms with Crippen molar-refractivity contribution in [1.29, 1.82) is 0 Å². The number of nitrogens with zero attached hydrogens (tertiary/aromatic N) is 3. The largest absolute Gasteiger partial charge is 0.376 e. The quantitative estimate of drug-likeness (QED) is 0.290. The van der Waals surface area contributed by atoms with Crippen LogP contribution in [0.5, 0.6) is 0 Å². The van der Waals surface area contributed by atoms with Crippen molar-refractivity contribution >= 4 is 23.9 Å². The molecule has 10 nitrogen and oxygen atoms in total. The number of anilines is 3. The number of primary amides is 2. The Balaban J connectivity index is 0.000000423. The number of rotatable bonds is 2. The molecular weight excluding hydrogens is 204 g/mol. The molecule has 0 bridgehead atoms. The van der Waals surface area contributed by atoms with Crippen molar-refractivity contribution in [3.05, 3.63) is 0 Å². The van der Waals surface area contributed by atoms with E-state index >= 15 is 0 Å². The van der Waals surface area contributed by atoms with Crippen LogP contribution in [0.1, 0.15) is 0 Å². The van der Waals surface area contributed by atoms with Crippen molar-refractivity contribution < 1.29 is 9.90 Å². The Kier molecular flexibility index (Phi) is 5.18. The van der Waals surface area contributed by atoms with E-state index in [9.17, 15) is 0 Å². The van der Waals surface area contributed by atoms with E-state index in [-0.39, 0.29) is 24.6 Å². The number of hydrogen-bond acceptors (Lipinski definition) is 8. The van der Waals surface area contributed by atoms with Crippen molar-refractivity contribution in [3.8, 4) is 0 Å². The zero-order valence-electron chi connectivity index (χ0n) is 7.71. The normalized spacial score (nSPS) is 8.60. The van der Waals surface area contributed by atoms with Gasteiger partial charge in [0.2, 0.25) is 17.8 Å². The number of nitrogen functional groups attached to an aromatic ring is 2. The number of carbonyl (C=O) groups excluding carboxylic acids is 1. The summed E-state index contributed by atoms with van der Waals surface area (Å²) in [5.41, 5.74) is 19.0. The minimum atomic E-state index is -0.833. The molecule has 0 aliphatic carbocycles. The van der Waals surface area contributed by atoms with Crippen molar-refractivity contribution in [1.82, 2.24) is 15.0 Å². The molecule has 1 heterocycles. The Bertz CT molecular complexity index is 305. The lowest BCUT2D eigenvalue weighted by Gasteiger charge is -2.00. The fourth-order valence-corrected chi connectivity index (χ4v) is 0.559. The predicted molar refractivity (Wildman–Crippen MR) is 53.1 cm³/mol. The highest BCUT2D eigenvalue weighted by Gasteiger charge is 1.98. The Morgan fingerprint density at radius 1 is 1.20 bits per heavy atom. The summed E-state index contributed by atoms with van der Waals surface area (Å²) in [4.78, 5) is 19.8. The van der Waals surface area contributed by atoms with Crippen LogP contribution in [0.2, 0.25) is 0 Å². The molecule has 2 amide bonds. The first-order valence-electron chi connectivity index (χ1n) is 3.62. The summed E-state index contributed by atoms with van der Waals surface area (Å²) in [6, 6.07) is -0.833. The van der Waals surface area contributed by atoms with E-state index in [4.69, 9.17) is 21.4 Å². The summed E-state index contributed by atoms with van der Waals surface area (Å²) in [6.45, 7) is -0.275. The van der Waals surface area contributed by atoms with Gasteiger partial charge in [-0.3, -0.25) is 0 Å². The van der Waals surface area contributed by atoms with Gasteiger partial charge in [0.25, 0.3) is 0 Å². The molecule has 0 aliphatic heterocycles. The van der Waals surface area contributed by atoms with Crippen LogP contribution in [-0.4, -0.2) is 32.8 Å². The second kappa shape index (κ2) is 6.15. The number of nitrogens with two attached hydrogens (primary N) is 4. The molecule has 1 aromatic heterocycles. The standard InChI is InChI=1S/C4H8N6O.CH4N2O/c5-2-8-3(6)10-4(9-2)7-1-11;2-1(3)4/h11H,1H2,(H5,5,6,7,8,9,10);(H4,2,3,4). The number of aromatic nitrogens is 3. The van der Waals surface area contributed by atoms with Gasteiger partial charge in [0, 0.05) is 0 Å². The van der Waals surface area contributed by atoms with Gasteiger partial charge in [0.1, 0.15) is 6.73 Å². The topological polar surface area (TPSA) is 192 Å². The lowest BCUT2D eigenvalue weighted by Crippen LogP contribution is -2.18. The van der Waals surface area contributed by atoms with E-state index in [2.05, 4.69) is 31.7 Å². The first kappa shape index (κ1) is 12.6. The monoisotopic (exact) mass is 216 g/mol. The van der Waals surface area contributed by atoms with E-state index in [0.29, 0.717) is 0 Å². The summed E-state index contributed by atoms with van der Waals surface area (Å²) >= 11 is 0. The molecule has 0 spiro atoms. The molecule has 84 valence electrons. The lowest BCUT2D eigenvalue weighted by atomic mass is 10.8. The van der Waals surface area contributed by atoms with Crippen LogP contribution in [0, 0.1) is 0 Å². The van der Waals surface area contributed by atoms with Crippen LogP contribution in [0.15, 0.2) is 0 Å². The fourth-order valence-electron chi connectivity index (χ4n) is 0.559. The second-order valence-corrected chi connectivity index (χ2v) is 2.11. The van der Waals surface area contributed by atoms with Crippen molar-refractivity contribution in [2.45, 2.75) is 0 Å². The molecular formula is C5H12N8O2. The maximum atomic E-state index is 9.00. The van der Waals surface area contributed by atoms with Gasteiger partial charge in [0.05, 0.1) is 0 Å². The number of urea groups is 1. The summed E-state index contributed by atoms with van der Waals surface area (Å²) in [5.74, 6) is 0.208. The lowest BCUT2D eigenvalue weighted by molar-refractivity contribution is 0.256. The average molecular weight is 216 g/mol. The van der Waals surface area contributed by atoms with Crippen LogP contribution in [-0.2, 0) is 0 Å². The SMILES string of the molecule is NC(N)=O.Nc1nc(N)nc(NCO)n1. The predicted octanol–water partition coefficient (Wildman–Crippen LogP) is -2.58. The molecule has 10 N–H and O–H groups in total. The fraction of sp³-hybridized carbons (Fsp3) is 0.200. The van der Waals surface area contributed by atoms with Gasteiger partial charge >= 0.3 is 6.03 Å². The first-order valence-corrected chi connectivity index (χ1v) is 3.62. The molecule has 0 saturated carbocycles. The molecule has 0 saturated heterocycles. The molecule has 10 heteroatoms. The van der Waals surface area contributed by atoms with E-state index in [1.165, 1.54) is 0 Å². The number of aliphatic hydroxyl groups is 1. The minimum Gasteiger partial charge on any atom is -0.376 e. The zero-order chi connectivity index (χ0) is 11.8. The molecule has 0 atom stereocenters. The van der Waals surface area contributed by atoms with Crippen LogP contribution in [0.25, 0.3) is 0 Å². The summed E-state index contributed by atoms with van der Waals surface area (Å²) in [5, 5.41) is 10.8. The highest BCUT2D eigenvalue weighted by molar-refractivity contribution is 5.69. The van der Waals surface area contributed by atoms with Gasteiger partial charge in [-0.1, -0.05) is 0 Å². The molecule has 0 unspecified atom stereocenters. The summed E-state index contributed by atoms with van der Waals surface area (Å²) < 4.78 is 0. The van der Waals surface area contributed by atoms with Crippen LogP contribution in [0.3, 0.4) is 0 Å². The third-order valence-electron chi connectivity index (χ3n) is 0.907. The maximum absolute atomic E-state index is 9.00. The van der Waals surface area contributed by atoms with Crippen molar-refractivity contribution in [2.24, 2.45) is 11.5 Å². The first-order chi connectivity index (χ1) is 6.95. The molecule has 1 rings (SSSR count). The highest BCUT2D eigenvalue weighted by Crippen LogP contribution is 2.01. The third-order valence-corrected chi connectivity index (χ3v) is 0.907. The van der Waals surface area contributed by atoms with Gasteiger partial charge in [0.15, 0.2) is 0 Å². The Labute approximate surface area is 84.7 Å². The molecule has 0 radical (unpaired) electrons. The van der Waals surface area contributed by atoms with E-state index < -0.39 is 6.03 Å². The molecule has 0 aromatic carbocycles. The highest BCUT2D eigenvalue weighted by atomic mass is 16.3. The van der Waals surface area contributed by atoms with Crippen LogP contribution < -0.4 is 28.3 Å². The van der Waals surface area contributed by atoms with E-state index in [1.807, 2.05) is 0 Å². The van der Waals surface area contributed by atoms with E-state index in [0.717, 1.165) is 0 Å². The third kappa shape index (κ3) is 6.77. The van der Waals surface area contributed by atoms with Crippen molar-refractivity contribution in [3.63, 3.8) is 0 Å². The Morgan fingerprint density at radius 2 is 1.60 bits per heavy atom. The number of aliphatic hydroxyl groups excluding tert-OH is 1. The van der Waals surface area contributed by atoms with Crippen molar-refractivity contribution in [2.75, 3.05) is 23.5 Å². The number of amides is 2. The van der Waals surface area contributed by atoms with Crippen LogP contribution in [0.4, 0.5) is 22.6 Å². The van der Waals surface area contributed by atoms with Gasteiger partial charge in [-0.25, -0.2) is 4.79 Å².